The Kier molecular flexibility index (Phi) is 5.35. The van der Waals surface area contributed by atoms with E-state index in [0.717, 1.165) is 5.56 Å². The molecule has 1 saturated heterocycles. The van der Waals surface area contributed by atoms with Gasteiger partial charge in [-0.3, -0.25) is 14.5 Å². The van der Waals surface area contributed by atoms with Gasteiger partial charge in [0.1, 0.15) is 5.82 Å². The maximum absolute atomic E-state index is 13.4. The molecule has 174 valence electrons. The fourth-order valence-electron chi connectivity index (χ4n) is 4.24. The number of methoxy groups -OCH3 is 1. The SMILES string of the molecule is COCCN1Cc2cc(N3COc4cc(C(=O)N5CCC(F)(F)CC5)cnc43)ncc2C1=O. The highest BCUT2D eigenvalue weighted by Gasteiger charge is 2.36. The maximum Gasteiger partial charge on any atom is 0.256 e. The van der Waals surface area contributed by atoms with E-state index in [9.17, 15) is 18.4 Å². The van der Waals surface area contributed by atoms with Crippen LogP contribution in [-0.4, -0.2) is 77.6 Å². The van der Waals surface area contributed by atoms with E-state index in [1.165, 1.54) is 11.1 Å². The van der Waals surface area contributed by atoms with Gasteiger partial charge >= 0.3 is 0 Å². The fourth-order valence-corrected chi connectivity index (χ4v) is 4.24. The van der Waals surface area contributed by atoms with Crippen LogP contribution in [0.5, 0.6) is 5.75 Å². The van der Waals surface area contributed by atoms with Crippen molar-refractivity contribution in [2.45, 2.75) is 25.3 Å². The second kappa shape index (κ2) is 8.22. The molecule has 2 aromatic heterocycles. The fraction of sp³-hybridized carbons (Fsp3) is 0.455. The number of nitrogens with zero attached hydrogens (tertiary/aromatic N) is 5. The van der Waals surface area contributed by atoms with Gasteiger partial charge < -0.3 is 19.3 Å². The normalized spacial score (nSPS) is 18.9. The maximum atomic E-state index is 13.4. The third kappa shape index (κ3) is 3.97. The molecule has 0 atom stereocenters. The molecule has 3 aliphatic heterocycles. The summed E-state index contributed by atoms with van der Waals surface area (Å²) in [6, 6.07) is 3.42. The third-order valence-electron chi connectivity index (χ3n) is 6.16. The molecule has 0 N–H and O–H groups in total. The van der Waals surface area contributed by atoms with Crippen molar-refractivity contribution in [1.29, 1.82) is 0 Å². The molecule has 0 saturated carbocycles. The number of piperidine rings is 1. The van der Waals surface area contributed by atoms with Crippen molar-refractivity contribution >= 4 is 23.5 Å². The number of rotatable bonds is 5. The molecule has 0 radical (unpaired) electrons. The van der Waals surface area contributed by atoms with Crippen LogP contribution in [0.1, 0.15) is 39.1 Å². The molecule has 0 unspecified atom stereocenters. The zero-order valence-corrected chi connectivity index (χ0v) is 18.1. The summed E-state index contributed by atoms with van der Waals surface area (Å²) >= 11 is 0. The Balaban J connectivity index is 1.32. The first-order valence-electron chi connectivity index (χ1n) is 10.7. The van der Waals surface area contributed by atoms with Gasteiger partial charge in [0, 0.05) is 58.5 Å². The smallest absolute Gasteiger partial charge is 0.256 e. The number of anilines is 2. The number of carbonyl (C=O) groups excluding carboxylic acids is 2. The van der Waals surface area contributed by atoms with Crippen LogP contribution >= 0.6 is 0 Å². The molecule has 0 aromatic carbocycles. The molecular formula is C22H23F2N5O4. The zero-order chi connectivity index (χ0) is 23.2. The van der Waals surface area contributed by atoms with E-state index in [-0.39, 0.29) is 44.5 Å². The lowest BCUT2D eigenvalue weighted by molar-refractivity contribution is -0.0494. The lowest BCUT2D eigenvalue weighted by Gasteiger charge is -2.31. The van der Waals surface area contributed by atoms with Crippen LogP contribution < -0.4 is 9.64 Å². The number of fused-ring (bicyclic) bond motifs is 2. The van der Waals surface area contributed by atoms with Gasteiger partial charge in [0.05, 0.1) is 17.7 Å². The second-order valence-electron chi connectivity index (χ2n) is 8.31. The van der Waals surface area contributed by atoms with Crippen LogP contribution in [0.2, 0.25) is 0 Å². The number of hydrogen-bond donors (Lipinski definition) is 0. The van der Waals surface area contributed by atoms with Crippen molar-refractivity contribution in [2.24, 2.45) is 0 Å². The first kappa shape index (κ1) is 21.5. The molecule has 33 heavy (non-hydrogen) atoms. The van der Waals surface area contributed by atoms with Gasteiger partial charge in [-0.15, -0.1) is 0 Å². The van der Waals surface area contributed by atoms with Gasteiger partial charge in [-0.05, 0) is 17.7 Å². The van der Waals surface area contributed by atoms with E-state index in [4.69, 9.17) is 9.47 Å². The van der Waals surface area contributed by atoms with Crippen LogP contribution in [0.4, 0.5) is 20.4 Å². The summed E-state index contributed by atoms with van der Waals surface area (Å²) in [5.41, 5.74) is 1.72. The Morgan fingerprint density at radius 1 is 1.21 bits per heavy atom. The number of ether oxygens (including phenoxy) is 2. The number of hydrogen-bond acceptors (Lipinski definition) is 7. The first-order valence-corrected chi connectivity index (χ1v) is 10.7. The minimum Gasteiger partial charge on any atom is -0.469 e. The predicted molar refractivity (Wildman–Crippen MR) is 113 cm³/mol. The summed E-state index contributed by atoms with van der Waals surface area (Å²) in [7, 11) is 1.59. The number of amides is 2. The lowest BCUT2D eigenvalue weighted by Crippen LogP contribution is -2.42. The number of aromatic nitrogens is 2. The number of pyridine rings is 2. The third-order valence-corrected chi connectivity index (χ3v) is 6.16. The molecule has 2 amide bonds. The van der Waals surface area contributed by atoms with Crippen molar-refractivity contribution in [3.05, 3.63) is 41.2 Å². The summed E-state index contributed by atoms with van der Waals surface area (Å²) in [4.78, 5) is 38.9. The number of carbonyl (C=O) groups is 2. The molecule has 3 aliphatic rings. The Hall–Kier alpha value is -3.34. The average Bonchev–Trinajstić information content (AvgIpc) is 3.37. The first-order chi connectivity index (χ1) is 15.9. The molecule has 0 bridgehead atoms. The van der Waals surface area contributed by atoms with E-state index in [1.807, 2.05) is 6.07 Å². The minimum atomic E-state index is -2.72. The van der Waals surface area contributed by atoms with E-state index >= 15 is 0 Å². The topological polar surface area (TPSA) is 88.1 Å². The van der Waals surface area contributed by atoms with Gasteiger partial charge in [-0.2, -0.15) is 0 Å². The number of alkyl halides is 2. The zero-order valence-electron chi connectivity index (χ0n) is 18.1. The summed E-state index contributed by atoms with van der Waals surface area (Å²) in [6.45, 7) is 1.61. The van der Waals surface area contributed by atoms with Crippen LogP contribution in [0.15, 0.2) is 24.5 Å². The van der Waals surface area contributed by atoms with E-state index < -0.39 is 5.92 Å². The van der Waals surface area contributed by atoms with Crippen molar-refractivity contribution in [1.82, 2.24) is 19.8 Å². The van der Waals surface area contributed by atoms with E-state index in [0.29, 0.717) is 48.2 Å². The number of halogens is 2. The molecule has 5 heterocycles. The van der Waals surface area contributed by atoms with Gasteiger partial charge in [-0.25, -0.2) is 18.7 Å². The second-order valence-corrected chi connectivity index (χ2v) is 8.31. The van der Waals surface area contributed by atoms with Crippen LogP contribution in [0.3, 0.4) is 0 Å². The summed E-state index contributed by atoms with van der Waals surface area (Å²) in [5.74, 6) is -1.62. The Bertz CT molecular complexity index is 1100. The molecule has 1 fully saturated rings. The Labute approximate surface area is 188 Å². The highest BCUT2D eigenvalue weighted by atomic mass is 19.3. The minimum absolute atomic E-state index is 0.00899. The van der Waals surface area contributed by atoms with Crippen molar-refractivity contribution in [2.75, 3.05) is 45.0 Å². The monoisotopic (exact) mass is 459 g/mol. The van der Waals surface area contributed by atoms with Gasteiger partial charge in [0.15, 0.2) is 18.3 Å². The van der Waals surface area contributed by atoms with Crippen molar-refractivity contribution in [3.8, 4) is 5.75 Å². The molecule has 0 spiro atoms. The Morgan fingerprint density at radius 3 is 2.76 bits per heavy atom. The summed E-state index contributed by atoms with van der Waals surface area (Å²) < 4.78 is 37.6. The molecule has 2 aromatic rings. The lowest BCUT2D eigenvalue weighted by atomic mass is 10.1. The quantitative estimate of drug-likeness (QED) is 0.679. The highest BCUT2D eigenvalue weighted by molar-refractivity contribution is 5.98. The van der Waals surface area contributed by atoms with Crippen LogP contribution in [0, 0.1) is 0 Å². The average molecular weight is 459 g/mol. The van der Waals surface area contributed by atoms with Gasteiger partial charge in [0.2, 0.25) is 0 Å². The number of likely N-dealkylation sites (tertiary alicyclic amines) is 1. The van der Waals surface area contributed by atoms with Crippen LogP contribution in [-0.2, 0) is 11.3 Å². The molecular weight excluding hydrogens is 436 g/mol. The van der Waals surface area contributed by atoms with E-state index in [2.05, 4.69) is 9.97 Å². The Morgan fingerprint density at radius 2 is 2.00 bits per heavy atom. The van der Waals surface area contributed by atoms with Crippen molar-refractivity contribution < 1.29 is 27.8 Å². The van der Waals surface area contributed by atoms with Gasteiger partial charge in [0.25, 0.3) is 17.7 Å². The standard InChI is InChI=1S/C22H23F2N5O4/c1-32-7-6-28-12-15-9-18(25-11-16(15)21(28)31)29-13-33-17-8-14(10-26-19(17)29)20(30)27-4-2-22(23,24)3-5-27/h8-11H,2-7,12-13H2,1H3. The molecule has 9 nitrogen and oxygen atoms in total. The van der Waals surface area contributed by atoms with Gasteiger partial charge in [-0.1, -0.05) is 0 Å². The molecule has 0 aliphatic carbocycles. The van der Waals surface area contributed by atoms with Crippen LogP contribution in [0.25, 0.3) is 0 Å². The highest BCUT2D eigenvalue weighted by Crippen LogP contribution is 2.38. The summed E-state index contributed by atoms with van der Waals surface area (Å²) in [6.07, 6.45) is 2.31. The molecule has 5 rings (SSSR count). The largest absolute Gasteiger partial charge is 0.469 e. The molecule has 11 heteroatoms. The summed E-state index contributed by atoms with van der Waals surface area (Å²) in [5, 5.41) is 0. The predicted octanol–water partition coefficient (Wildman–Crippen LogP) is 2.44. The van der Waals surface area contributed by atoms with E-state index in [1.54, 1.807) is 29.2 Å². The van der Waals surface area contributed by atoms with Crippen molar-refractivity contribution in [3.63, 3.8) is 0 Å².